The fourth-order valence-electron chi connectivity index (χ4n) is 3.18. The molecule has 1 aromatic carbocycles. The van der Waals surface area contributed by atoms with E-state index in [0.29, 0.717) is 22.4 Å². The van der Waals surface area contributed by atoms with Crippen molar-refractivity contribution in [2.75, 3.05) is 14.2 Å². The van der Waals surface area contributed by atoms with Crippen LogP contribution in [0.1, 0.15) is 25.5 Å². The Kier molecular flexibility index (Phi) is 3.73. The first-order valence-corrected chi connectivity index (χ1v) is 7.57. The van der Waals surface area contributed by atoms with Crippen molar-refractivity contribution in [2.24, 2.45) is 7.05 Å². The standard InChI is InChI=1S/C17H21NO6/c1-17(2)15(20)12(19)10-13(24-17)8-6-7-9(22-4)14(23-5)11(8)18(3)16(10)21/h6-7,12,15,19-20H,1-5H3/t12-,15+/m1/s1. The number of aliphatic hydroxyl groups is 2. The Morgan fingerprint density at radius 2 is 1.88 bits per heavy atom. The van der Waals surface area contributed by atoms with E-state index in [2.05, 4.69) is 0 Å². The topological polar surface area (TPSA) is 90.2 Å². The summed E-state index contributed by atoms with van der Waals surface area (Å²) in [6.07, 6.45) is -2.55. The Morgan fingerprint density at radius 3 is 2.46 bits per heavy atom. The lowest BCUT2D eigenvalue weighted by atomic mass is 9.88. The van der Waals surface area contributed by atoms with E-state index < -0.39 is 23.4 Å². The quantitative estimate of drug-likeness (QED) is 0.855. The zero-order valence-electron chi connectivity index (χ0n) is 14.3. The van der Waals surface area contributed by atoms with Gasteiger partial charge in [0.1, 0.15) is 29.1 Å². The number of hydrogen-bond donors (Lipinski definition) is 2. The highest BCUT2D eigenvalue weighted by Crippen LogP contribution is 2.45. The molecule has 0 unspecified atom stereocenters. The molecule has 7 nitrogen and oxygen atoms in total. The van der Waals surface area contributed by atoms with Crippen LogP contribution in [0.2, 0.25) is 0 Å². The molecule has 1 aromatic heterocycles. The van der Waals surface area contributed by atoms with Gasteiger partial charge < -0.3 is 29.0 Å². The van der Waals surface area contributed by atoms with Crippen LogP contribution in [0.5, 0.6) is 17.2 Å². The predicted octanol–water partition coefficient (Wildman–Crippen LogP) is 1.12. The Balaban J connectivity index is 2.48. The highest BCUT2D eigenvalue weighted by atomic mass is 16.5. The Bertz CT molecular complexity index is 870. The predicted molar refractivity (Wildman–Crippen MR) is 88.0 cm³/mol. The first-order chi connectivity index (χ1) is 11.2. The molecule has 0 amide bonds. The van der Waals surface area contributed by atoms with Crippen molar-refractivity contribution < 1.29 is 24.4 Å². The second-order valence-corrected chi connectivity index (χ2v) is 6.40. The van der Waals surface area contributed by atoms with E-state index in [0.717, 1.165) is 0 Å². The zero-order chi connectivity index (χ0) is 17.8. The lowest BCUT2D eigenvalue weighted by molar-refractivity contribution is -0.111. The monoisotopic (exact) mass is 335 g/mol. The van der Waals surface area contributed by atoms with Crippen LogP contribution in [-0.4, -0.2) is 40.7 Å². The summed E-state index contributed by atoms with van der Waals surface area (Å²) in [5.74, 6) is 1.15. The van der Waals surface area contributed by atoms with Gasteiger partial charge in [-0.1, -0.05) is 0 Å². The van der Waals surface area contributed by atoms with Crippen molar-refractivity contribution in [1.29, 1.82) is 0 Å². The van der Waals surface area contributed by atoms with Gasteiger partial charge in [-0.3, -0.25) is 4.79 Å². The SMILES string of the molecule is COc1ccc2c3c(c(=O)n(C)c2c1OC)[C@@H](O)[C@H](O)C(C)(C)O3. The summed E-state index contributed by atoms with van der Waals surface area (Å²) in [6, 6.07) is 3.45. The third kappa shape index (κ3) is 2.08. The van der Waals surface area contributed by atoms with E-state index in [1.807, 2.05) is 0 Å². The minimum Gasteiger partial charge on any atom is -0.493 e. The van der Waals surface area contributed by atoms with Crippen LogP contribution < -0.4 is 19.8 Å². The molecule has 24 heavy (non-hydrogen) atoms. The summed E-state index contributed by atoms with van der Waals surface area (Å²) < 4.78 is 18.0. The van der Waals surface area contributed by atoms with Gasteiger partial charge in [0.05, 0.1) is 19.8 Å². The van der Waals surface area contributed by atoms with Gasteiger partial charge in [-0.05, 0) is 26.0 Å². The molecule has 0 aliphatic carbocycles. The highest BCUT2D eigenvalue weighted by Gasteiger charge is 2.45. The number of nitrogens with zero attached hydrogens (tertiary/aromatic N) is 1. The summed E-state index contributed by atoms with van der Waals surface area (Å²) in [5.41, 5.74) is -0.950. The summed E-state index contributed by atoms with van der Waals surface area (Å²) in [7, 11) is 4.58. The van der Waals surface area contributed by atoms with E-state index in [1.165, 1.54) is 18.8 Å². The molecule has 2 atom stereocenters. The maximum absolute atomic E-state index is 12.8. The number of methoxy groups -OCH3 is 2. The van der Waals surface area contributed by atoms with E-state index in [-0.39, 0.29) is 11.3 Å². The number of aromatic nitrogens is 1. The van der Waals surface area contributed by atoms with Crippen molar-refractivity contribution in [3.63, 3.8) is 0 Å². The molecule has 2 heterocycles. The maximum Gasteiger partial charge on any atom is 0.260 e. The molecule has 1 aliphatic heterocycles. The number of rotatable bonds is 2. The molecule has 2 N–H and O–H groups in total. The van der Waals surface area contributed by atoms with Gasteiger partial charge >= 0.3 is 0 Å². The average molecular weight is 335 g/mol. The molecule has 0 fully saturated rings. The van der Waals surface area contributed by atoms with Crippen molar-refractivity contribution in [2.45, 2.75) is 31.7 Å². The molecule has 0 saturated heterocycles. The number of ether oxygens (including phenoxy) is 3. The van der Waals surface area contributed by atoms with Crippen LogP contribution in [0, 0.1) is 0 Å². The molecule has 0 saturated carbocycles. The molecule has 7 heteroatoms. The van der Waals surface area contributed by atoms with Gasteiger partial charge in [0.2, 0.25) is 0 Å². The molecular weight excluding hydrogens is 314 g/mol. The third-order valence-electron chi connectivity index (χ3n) is 4.55. The summed E-state index contributed by atoms with van der Waals surface area (Å²) in [5, 5.41) is 21.3. The maximum atomic E-state index is 12.8. The largest absolute Gasteiger partial charge is 0.493 e. The molecule has 1 aliphatic rings. The lowest BCUT2D eigenvalue weighted by Crippen LogP contribution is -2.50. The van der Waals surface area contributed by atoms with Crippen molar-refractivity contribution in [3.8, 4) is 17.2 Å². The summed E-state index contributed by atoms with van der Waals surface area (Å²) in [4.78, 5) is 12.8. The summed E-state index contributed by atoms with van der Waals surface area (Å²) in [6.45, 7) is 3.32. The molecule has 130 valence electrons. The van der Waals surface area contributed by atoms with Gasteiger partial charge in [0.15, 0.2) is 11.5 Å². The Morgan fingerprint density at radius 1 is 1.21 bits per heavy atom. The average Bonchev–Trinajstić information content (AvgIpc) is 2.55. The minimum atomic E-state index is -1.33. The lowest BCUT2D eigenvalue weighted by Gasteiger charge is -2.40. The summed E-state index contributed by atoms with van der Waals surface area (Å²) >= 11 is 0. The van der Waals surface area contributed by atoms with E-state index in [9.17, 15) is 15.0 Å². The fraction of sp³-hybridized carbons (Fsp3) is 0.471. The first kappa shape index (κ1) is 16.6. The minimum absolute atomic E-state index is 0.0454. The molecule has 0 radical (unpaired) electrons. The number of fused-ring (bicyclic) bond motifs is 3. The smallest absolute Gasteiger partial charge is 0.260 e. The van der Waals surface area contributed by atoms with E-state index >= 15 is 0 Å². The van der Waals surface area contributed by atoms with Crippen molar-refractivity contribution >= 4 is 10.9 Å². The van der Waals surface area contributed by atoms with E-state index in [1.54, 1.807) is 33.0 Å². The third-order valence-corrected chi connectivity index (χ3v) is 4.55. The van der Waals surface area contributed by atoms with Crippen molar-refractivity contribution in [3.05, 3.63) is 28.0 Å². The van der Waals surface area contributed by atoms with Crippen LogP contribution >= 0.6 is 0 Å². The normalized spacial score (nSPS) is 22.0. The van der Waals surface area contributed by atoms with Gasteiger partial charge in [-0.25, -0.2) is 0 Å². The van der Waals surface area contributed by atoms with Gasteiger partial charge in [0.25, 0.3) is 5.56 Å². The first-order valence-electron chi connectivity index (χ1n) is 7.57. The number of pyridine rings is 1. The number of benzene rings is 1. The molecule has 3 rings (SSSR count). The van der Waals surface area contributed by atoms with Crippen LogP contribution in [-0.2, 0) is 7.05 Å². The van der Waals surface area contributed by atoms with Crippen LogP contribution in [0.25, 0.3) is 10.9 Å². The second kappa shape index (κ2) is 5.39. The van der Waals surface area contributed by atoms with Crippen LogP contribution in [0.15, 0.2) is 16.9 Å². The molecular formula is C17H21NO6. The zero-order valence-corrected chi connectivity index (χ0v) is 14.3. The van der Waals surface area contributed by atoms with Gasteiger partial charge in [-0.2, -0.15) is 0 Å². The Labute approximate surface area is 139 Å². The van der Waals surface area contributed by atoms with Gasteiger partial charge in [0, 0.05) is 12.4 Å². The molecule has 0 bridgehead atoms. The molecule has 0 spiro atoms. The van der Waals surface area contributed by atoms with Crippen LogP contribution in [0.4, 0.5) is 0 Å². The molecule has 2 aromatic rings. The highest BCUT2D eigenvalue weighted by molar-refractivity contribution is 5.93. The fourth-order valence-corrected chi connectivity index (χ4v) is 3.18. The van der Waals surface area contributed by atoms with E-state index in [4.69, 9.17) is 14.2 Å². The van der Waals surface area contributed by atoms with Crippen LogP contribution in [0.3, 0.4) is 0 Å². The number of aliphatic hydroxyl groups excluding tert-OH is 2. The van der Waals surface area contributed by atoms with Gasteiger partial charge in [-0.15, -0.1) is 0 Å². The number of aryl methyl sites for hydroxylation is 1. The Hall–Kier alpha value is -2.25. The van der Waals surface area contributed by atoms with Crippen molar-refractivity contribution in [1.82, 2.24) is 4.57 Å². The number of hydrogen-bond acceptors (Lipinski definition) is 6. The second-order valence-electron chi connectivity index (χ2n) is 6.40.